The molecule has 0 radical (unpaired) electrons. The maximum Gasteiger partial charge on any atom is 0.352 e. The van der Waals surface area contributed by atoms with Gasteiger partial charge in [-0.1, -0.05) is 24.3 Å². The van der Waals surface area contributed by atoms with Gasteiger partial charge in [-0.15, -0.1) is 10.5 Å². The Hall–Kier alpha value is -2.85. The van der Waals surface area contributed by atoms with Crippen LogP contribution in [0.15, 0.2) is 41.6 Å². The van der Waals surface area contributed by atoms with E-state index < -0.39 is 11.8 Å². The molecule has 1 aliphatic rings. The summed E-state index contributed by atoms with van der Waals surface area (Å²) in [5, 5.41) is 5.12. The first-order chi connectivity index (χ1) is 8.74. The minimum absolute atomic E-state index is 0.370. The third-order valence-corrected chi connectivity index (χ3v) is 2.88. The summed E-state index contributed by atoms with van der Waals surface area (Å²) in [6.07, 6.45) is 0. The zero-order valence-electron chi connectivity index (χ0n) is 9.07. The lowest BCUT2D eigenvalue weighted by atomic mass is 9.95. The molecule has 0 unspecified atom stereocenters. The number of imide groups is 1. The molecule has 0 N–H and O–H groups in total. The van der Waals surface area contributed by atoms with Crippen molar-refractivity contribution in [1.29, 1.82) is 0 Å². The molecule has 6 nitrogen and oxygen atoms in total. The van der Waals surface area contributed by atoms with Crippen LogP contribution in [0.2, 0.25) is 0 Å². The van der Waals surface area contributed by atoms with Gasteiger partial charge in [0.25, 0.3) is 0 Å². The molecule has 0 saturated carbocycles. The Balaban J connectivity index is 2.42. The molecule has 0 saturated heterocycles. The molecule has 0 atom stereocenters. The molecule has 86 valence electrons. The highest BCUT2D eigenvalue weighted by Gasteiger charge is 2.36. The van der Waals surface area contributed by atoms with E-state index in [-0.39, 0.29) is 0 Å². The van der Waals surface area contributed by atoms with E-state index >= 15 is 0 Å². The first kappa shape index (κ1) is 10.3. The quantitative estimate of drug-likeness (QED) is 0.331. The molecule has 0 bridgehead atoms. The second-order valence-electron chi connectivity index (χ2n) is 3.81. The molecule has 2 amide bonds. The molecule has 6 heteroatoms. The summed E-state index contributed by atoms with van der Waals surface area (Å²) in [7, 11) is 0. The van der Waals surface area contributed by atoms with Crippen LogP contribution in [0.3, 0.4) is 0 Å². The van der Waals surface area contributed by atoms with E-state index in [1.807, 2.05) is 12.1 Å². The zero-order chi connectivity index (χ0) is 12.7. The fraction of sp³-hybridized carbons (Fsp3) is 0. The molecule has 0 fully saturated rings. The summed E-state index contributed by atoms with van der Waals surface area (Å²) in [5.41, 5.74) is 9.15. The Labute approximate surface area is 101 Å². The number of azide groups is 1. The van der Waals surface area contributed by atoms with Crippen LogP contribution in [0, 0.1) is 0 Å². The fourth-order valence-corrected chi connectivity index (χ4v) is 2.14. The van der Waals surface area contributed by atoms with Crippen molar-refractivity contribution in [2.24, 2.45) is 5.22 Å². The average molecular weight is 238 g/mol. The van der Waals surface area contributed by atoms with Crippen LogP contribution >= 0.6 is 0 Å². The van der Waals surface area contributed by atoms with Crippen molar-refractivity contribution in [3.63, 3.8) is 0 Å². The third kappa shape index (κ3) is 1.20. The van der Waals surface area contributed by atoms with Gasteiger partial charge in [-0.05, 0) is 22.7 Å². The van der Waals surface area contributed by atoms with Crippen LogP contribution in [0.4, 0.5) is 0 Å². The van der Waals surface area contributed by atoms with Crippen LogP contribution in [0.5, 0.6) is 0 Å². The van der Waals surface area contributed by atoms with Crippen molar-refractivity contribution >= 4 is 22.6 Å². The van der Waals surface area contributed by atoms with Gasteiger partial charge in [0.05, 0.1) is 11.1 Å². The van der Waals surface area contributed by atoms with Gasteiger partial charge >= 0.3 is 11.8 Å². The van der Waals surface area contributed by atoms with Crippen molar-refractivity contribution in [3.8, 4) is 0 Å². The topological polar surface area (TPSA) is 86.1 Å². The molecule has 0 aliphatic carbocycles. The largest absolute Gasteiger partial charge is 0.352 e. The minimum Gasteiger partial charge on any atom is -0.240 e. The maximum absolute atomic E-state index is 12.0. The van der Waals surface area contributed by atoms with Gasteiger partial charge < -0.3 is 0 Å². The molecule has 0 aromatic heterocycles. The smallest absolute Gasteiger partial charge is 0.240 e. The Morgan fingerprint density at radius 1 is 1.00 bits per heavy atom. The van der Waals surface area contributed by atoms with E-state index in [4.69, 9.17) is 5.53 Å². The Kier molecular flexibility index (Phi) is 2.05. The summed E-state index contributed by atoms with van der Waals surface area (Å²) in [5.74, 6) is -1.19. The number of benzene rings is 2. The highest BCUT2D eigenvalue weighted by atomic mass is 16.2. The van der Waals surface area contributed by atoms with E-state index in [2.05, 4.69) is 10.1 Å². The Morgan fingerprint density at radius 2 is 1.56 bits per heavy atom. The first-order valence-electron chi connectivity index (χ1n) is 5.19. The molecule has 2 aromatic rings. The lowest BCUT2D eigenvalue weighted by molar-refractivity contribution is 0.0611. The van der Waals surface area contributed by atoms with E-state index in [0.717, 1.165) is 5.39 Å². The third-order valence-electron chi connectivity index (χ3n) is 2.88. The second-order valence-corrected chi connectivity index (χ2v) is 3.81. The number of carbonyl (C=O) groups excluding carboxylic acids is 2. The fourth-order valence-electron chi connectivity index (χ4n) is 2.14. The molecular weight excluding hydrogens is 232 g/mol. The summed E-state index contributed by atoms with van der Waals surface area (Å²) in [6, 6.07) is 10.3. The van der Waals surface area contributed by atoms with Crippen molar-refractivity contribution < 1.29 is 9.59 Å². The standard InChI is InChI=1S/C12H6N4O2/c13-14-15-16-11(17)8-5-1-3-7-4-2-6-9(10(7)8)12(16)18/h1-6H. The number of carbonyl (C=O) groups is 2. The van der Waals surface area contributed by atoms with Gasteiger partial charge in [-0.2, -0.15) is 4.91 Å². The summed E-state index contributed by atoms with van der Waals surface area (Å²) in [6.45, 7) is 0. The van der Waals surface area contributed by atoms with Crippen LogP contribution in [-0.2, 0) is 0 Å². The van der Waals surface area contributed by atoms with Gasteiger partial charge in [0.15, 0.2) is 0 Å². The Morgan fingerprint density at radius 3 is 2.06 bits per heavy atom. The molecule has 2 aromatic carbocycles. The predicted molar refractivity (Wildman–Crippen MR) is 63.6 cm³/mol. The highest BCUT2D eigenvalue weighted by molar-refractivity contribution is 6.25. The van der Waals surface area contributed by atoms with Crippen LogP contribution < -0.4 is 0 Å². The van der Waals surface area contributed by atoms with E-state index in [0.29, 0.717) is 21.5 Å². The van der Waals surface area contributed by atoms with Crippen LogP contribution in [0.1, 0.15) is 20.7 Å². The van der Waals surface area contributed by atoms with E-state index in [1.54, 1.807) is 24.3 Å². The van der Waals surface area contributed by atoms with Gasteiger partial charge in [0, 0.05) is 5.39 Å². The first-order valence-corrected chi connectivity index (χ1v) is 5.19. The number of hydrogen-bond donors (Lipinski definition) is 0. The minimum atomic E-state index is -0.595. The highest BCUT2D eigenvalue weighted by Crippen LogP contribution is 2.29. The lowest BCUT2D eigenvalue weighted by Gasteiger charge is -2.18. The molecule has 0 spiro atoms. The molecular formula is C12H6N4O2. The van der Waals surface area contributed by atoms with Crippen molar-refractivity contribution in [3.05, 3.63) is 58.0 Å². The molecule has 1 aliphatic heterocycles. The van der Waals surface area contributed by atoms with Gasteiger partial charge in [0.1, 0.15) is 0 Å². The van der Waals surface area contributed by atoms with Crippen molar-refractivity contribution in [2.45, 2.75) is 0 Å². The summed E-state index contributed by atoms with van der Waals surface area (Å²) >= 11 is 0. The average Bonchev–Trinajstić information content (AvgIpc) is 2.40. The van der Waals surface area contributed by atoms with E-state index in [1.165, 1.54) is 0 Å². The lowest BCUT2D eigenvalue weighted by Crippen LogP contribution is -2.35. The van der Waals surface area contributed by atoms with Crippen molar-refractivity contribution in [2.75, 3.05) is 0 Å². The zero-order valence-corrected chi connectivity index (χ0v) is 9.07. The van der Waals surface area contributed by atoms with Gasteiger partial charge in [-0.3, -0.25) is 0 Å². The maximum atomic E-state index is 12.0. The molecule has 1 heterocycles. The number of amides is 2. The number of nitrogens with zero attached hydrogens (tertiary/aromatic N) is 4. The Bertz CT molecular complexity index is 696. The van der Waals surface area contributed by atoms with Crippen molar-refractivity contribution in [1.82, 2.24) is 5.01 Å². The van der Waals surface area contributed by atoms with Gasteiger partial charge in [-0.25, -0.2) is 9.59 Å². The monoisotopic (exact) mass is 238 g/mol. The number of hydrogen-bond acceptors (Lipinski definition) is 3. The van der Waals surface area contributed by atoms with Gasteiger partial charge in [0.2, 0.25) is 0 Å². The SMILES string of the molecule is [N-]=[N+]=NN1C(=O)c2cccc3cccc(c23)C1=O. The van der Waals surface area contributed by atoms with Crippen LogP contribution in [0.25, 0.3) is 21.2 Å². The summed E-state index contributed by atoms with van der Waals surface area (Å²) < 4.78 is 0. The second kappa shape index (κ2) is 3.58. The van der Waals surface area contributed by atoms with Crippen LogP contribution in [-0.4, -0.2) is 16.8 Å². The molecule has 18 heavy (non-hydrogen) atoms. The normalized spacial score (nSPS) is 13.7. The summed E-state index contributed by atoms with van der Waals surface area (Å²) in [4.78, 5) is 26.6. The predicted octanol–water partition coefficient (Wildman–Crippen LogP) is 2.66. The van der Waals surface area contributed by atoms with E-state index in [9.17, 15) is 9.59 Å². The molecule has 3 rings (SSSR count). The number of rotatable bonds is 1.